The lowest BCUT2D eigenvalue weighted by Gasteiger charge is -2.27. The van der Waals surface area contributed by atoms with Crippen molar-refractivity contribution < 1.29 is 9.53 Å². The first-order valence-corrected chi connectivity index (χ1v) is 5.73. The van der Waals surface area contributed by atoms with Gasteiger partial charge in [0.05, 0.1) is 18.3 Å². The van der Waals surface area contributed by atoms with Crippen LogP contribution in [-0.4, -0.2) is 41.7 Å². The lowest BCUT2D eigenvalue weighted by atomic mass is 10.2. The van der Waals surface area contributed by atoms with Crippen molar-refractivity contribution in [1.82, 2.24) is 9.47 Å². The molecular weight excluding hydrogens is 218 g/mol. The molecule has 5 nitrogen and oxygen atoms in total. The van der Waals surface area contributed by atoms with Gasteiger partial charge in [-0.2, -0.15) is 0 Å². The Bertz CT molecular complexity index is 387. The molecule has 0 saturated carbocycles. The molecule has 1 aromatic rings. The zero-order chi connectivity index (χ0) is 13.0. The second-order valence-electron chi connectivity index (χ2n) is 4.17. The summed E-state index contributed by atoms with van der Waals surface area (Å²) in [7, 11) is 3.45. The quantitative estimate of drug-likeness (QED) is 0.837. The number of amides is 1. The van der Waals surface area contributed by atoms with Gasteiger partial charge in [-0.25, -0.2) is 0 Å². The zero-order valence-corrected chi connectivity index (χ0v) is 10.9. The van der Waals surface area contributed by atoms with Crippen LogP contribution in [0.4, 0.5) is 5.69 Å². The van der Waals surface area contributed by atoms with E-state index >= 15 is 0 Å². The van der Waals surface area contributed by atoms with E-state index in [4.69, 9.17) is 10.5 Å². The number of carbonyl (C=O) groups is 1. The number of rotatable bonds is 5. The molecule has 0 aliphatic rings. The van der Waals surface area contributed by atoms with Crippen molar-refractivity contribution in [1.29, 1.82) is 0 Å². The number of methoxy groups -OCH3 is 1. The molecular formula is C12H21N3O2. The average Bonchev–Trinajstić information content (AvgIpc) is 2.59. The van der Waals surface area contributed by atoms with Crippen LogP contribution in [-0.2, 0) is 11.8 Å². The maximum absolute atomic E-state index is 12.3. The van der Waals surface area contributed by atoms with Gasteiger partial charge < -0.3 is 19.9 Å². The number of aryl methyl sites for hydroxylation is 1. The molecule has 0 aromatic carbocycles. The largest absolute Gasteiger partial charge is 0.397 e. The van der Waals surface area contributed by atoms with Crippen molar-refractivity contribution in [3.8, 4) is 0 Å². The van der Waals surface area contributed by atoms with E-state index in [1.165, 1.54) is 0 Å². The predicted octanol–water partition coefficient (Wildman–Crippen LogP) is 1.10. The van der Waals surface area contributed by atoms with Gasteiger partial charge in [0, 0.05) is 26.9 Å². The molecule has 0 saturated heterocycles. The van der Waals surface area contributed by atoms with Crippen LogP contribution in [0.25, 0.3) is 0 Å². The van der Waals surface area contributed by atoms with E-state index in [9.17, 15) is 4.79 Å². The smallest absolute Gasteiger partial charge is 0.270 e. The number of hydrogen-bond acceptors (Lipinski definition) is 3. The van der Waals surface area contributed by atoms with E-state index in [0.29, 0.717) is 24.5 Å². The summed E-state index contributed by atoms with van der Waals surface area (Å²) in [6.07, 6.45) is 1.74. The zero-order valence-electron chi connectivity index (χ0n) is 10.9. The van der Waals surface area contributed by atoms with Crippen LogP contribution in [0, 0.1) is 0 Å². The first-order valence-electron chi connectivity index (χ1n) is 5.73. The Morgan fingerprint density at radius 2 is 2.29 bits per heavy atom. The SMILES string of the molecule is CCN(C(=O)c1cc(N)cn1C)C(C)COC. The van der Waals surface area contributed by atoms with Crippen molar-refractivity contribution >= 4 is 11.6 Å². The first kappa shape index (κ1) is 13.6. The van der Waals surface area contributed by atoms with Crippen LogP contribution in [0.15, 0.2) is 12.3 Å². The molecule has 5 heteroatoms. The number of ether oxygens (including phenoxy) is 1. The molecule has 1 heterocycles. The summed E-state index contributed by atoms with van der Waals surface area (Å²) in [6, 6.07) is 1.75. The van der Waals surface area contributed by atoms with Crippen molar-refractivity contribution in [2.75, 3.05) is 26.0 Å². The summed E-state index contributed by atoms with van der Waals surface area (Å²) < 4.78 is 6.83. The fourth-order valence-corrected chi connectivity index (χ4v) is 1.94. The number of nitrogens with two attached hydrogens (primary N) is 1. The van der Waals surface area contributed by atoms with Gasteiger partial charge in [-0.3, -0.25) is 4.79 Å². The van der Waals surface area contributed by atoms with E-state index < -0.39 is 0 Å². The van der Waals surface area contributed by atoms with Gasteiger partial charge in [0.25, 0.3) is 5.91 Å². The minimum Gasteiger partial charge on any atom is -0.397 e. The summed E-state index contributed by atoms with van der Waals surface area (Å²) in [6.45, 7) is 5.10. The third-order valence-electron chi connectivity index (χ3n) is 2.79. The summed E-state index contributed by atoms with van der Waals surface area (Å²) in [4.78, 5) is 14.1. The minimum atomic E-state index is -0.0174. The molecule has 1 rings (SSSR count). The molecule has 0 radical (unpaired) electrons. The molecule has 1 aromatic heterocycles. The minimum absolute atomic E-state index is 0.0174. The topological polar surface area (TPSA) is 60.5 Å². The standard InChI is InChI=1S/C12H21N3O2/c1-5-15(9(2)8-17-4)12(16)11-6-10(13)7-14(11)3/h6-7,9H,5,8,13H2,1-4H3. The van der Waals surface area contributed by atoms with Crippen LogP contribution in [0.5, 0.6) is 0 Å². The van der Waals surface area contributed by atoms with E-state index in [0.717, 1.165) is 0 Å². The average molecular weight is 239 g/mol. The molecule has 96 valence electrons. The first-order chi connectivity index (χ1) is 8.01. The van der Waals surface area contributed by atoms with Crippen LogP contribution in [0.3, 0.4) is 0 Å². The fraction of sp³-hybridized carbons (Fsp3) is 0.583. The number of nitrogens with zero attached hydrogens (tertiary/aromatic N) is 2. The van der Waals surface area contributed by atoms with E-state index in [2.05, 4.69) is 0 Å². The van der Waals surface area contributed by atoms with Gasteiger partial charge >= 0.3 is 0 Å². The molecule has 1 amide bonds. The molecule has 2 N–H and O–H groups in total. The lowest BCUT2D eigenvalue weighted by Crippen LogP contribution is -2.41. The van der Waals surface area contributed by atoms with Crippen molar-refractivity contribution in [2.45, 2.75) is 19.9 Å². The summed E-state index contributed by atoms with van der Waals surface area (Å²) in [5.74, 6) is -0.0174. The van der Waals surface area contributed by atoms with E-state index in [1.807, 2.05) is 20.9 Å². The van der Waals surface area contributed by atoms with Gasteiger partial charge in [-0.1, -0.05) is 0 Å². The van der Waals surface area contributed by atoms with Crippen molar-refractivity contribution in [3.05, 3.63) is 18.0 Å². The highest BCUT2D eigenvalue weighted by atomic mass is 16.5. The highest BCUT2D eigenvalue weighted by Gasteiger charge is 2.22. The third kappa shape index (κ3) is 3.00. The molecule has 17 heavy (non-hydrogen) atoms. The monoisotopic (exact) mass is 239 g/mol. The van der Waals surface area contributed by atoms with Gasteiger partial charge in [0.2, 0.25) is 0 Å². The molecule has 0 bridgehead atoms. The normalized spacial score (nSPS) is 12.5. The maximum atomic E-state index is 12.3. The number of nitrogen functional groups attached to an aromatic ring is 1. The Hall–Kier alpha value is -1.49. The summed E-state index contributed by atoms with van der Waals surface area (Å²) in [5, 5.41) is 0. The number of carbonyl (C=O) groups excluding carboxylic acids is 1. The number of likely N-dealkylation sites (N-methyl/N-ethyl adjacent to an activating group) is 1. The highest BCUT2D eigenvalue weighted by Crippen LogP contribution is 2.13. The molecule has 0 aliphatic heterocycles. The van der Waals surface area contributed by atoms with E-state index in [-0.39, 0.29) is 11.9 Å². The third-order valence-corrected chi connectivity index (χ3v) is 2.79. The summed E-state index contributed by atoms with van der Waals surface area (Å²) in [5.41, 5.74) is 6.88. The Labute approximate surface area is 102 Å². The lowest BCUT2D eigenvalue weighted by molar-refractivity contribution is 0.0570. The van der Waals surface area contributed by atoms with Crippen molar-refractivity contribution in [2.24, 2.45) is 7.05 Å². The van der Waals surface area contributed by atoms with Crippen LogP contribution in [0.2, 0.25) is 0 Å². The number of anilines is 1. The molecule has 0 aliphatic carbocycles. The maximum Gasteiger partial charge on any atom is 0.270 e. The molecule has 0 fully saturated rings. The van der Waals surface area contributed by atoms with Crippen molar-refractivity contribution in [3.63, 3.8) is 0 Å². The Kier molecular flexibility index (Phi) is 4.57. The van der Waals surface area contributed by atoms with Gasteiger partial charge in [0.15, 0.2) is 0 Å². The van der Waals surface area contributed by atoms with E-state index in [1.54, 1.807) is 28.8 Å². The molecule has 1 unspecified atom stereocenters. The number of hydrogen-bond donors (Lipinski definition) is 1. The van der Waals surface area contributed by atoms with Gasteiger partial charge in [0.1, 0.15) is 5.69 Å². The van der Waals surface area contributed by atoms with Gasteiger partial charge in [-0.05, 0) is 19.9 Å². The number of aromatic nitrogens is 1. The van der Waals surface area contributed by atoms with Crippen LogP contribution < -0.4 is 5.73 Å². The van der Waals surface area contributed by atoms with Gasteiger partial charge in [-0.15, -0.1) is 0 Å². The fourth-order valence-electron chi connectivity index (χ4n) is 1.94. The van der Waals surface area contributed by atoms with Crippen LogP contribution >= 0.6 is 0 Å². The highest BCUT2D eigenvalue weighted by molar-refractivity contribution is 5.94. The predicted molar refractivity (Wildman–Crippen MR) is 67.9 cm³/mol. The molecule has 1 atom stereocenters. The second-order valence-corrected chi connectivity index (χ2v) is 4.17. The molecule has 0 spiro atoms. The Balaban J connectivity index is 2.89. The summed E-state index contributed by atoms with van der Waals surface area (Å²) >= 11 is 0. The Morgan fingerprint density at radius 1 is 1.65 bits per heavy atom. The van der Waals surface area contributed by atoms with Crippen LogP contribution in [0.1, 0.15) is 24.3 Å². The Morgan fingerprint density at radius 3 is 2.71 bits per heavy atom. The second kappa shape index (κ2) is 5.72.